The predicted molar refractivity (Wildman–Crippen MR) is 88.0 cm³/mol. The van der Waals surface area contributed by atoms with Crippen molar-refractivity contribution < 1.29 is 0 Å². The molecular weight excluding hydrogens is 333 g/mol. The van der Waals surface area contributed by atoms with E-state index in [2.05, 4.69) is 78.2 Å². The van der Waals surface area contributed by atoms with Crippen LogP contribution in [-0.2, 0) is 6.42 Å². The summed E-state index contributed by atoms with van der Waals surface area (Å²) in [6.45, 7) is 5.37. The van der Waals surface area contributed by atoms with E-state index in [0.29, 0.717) is 0 Å². The minimum absolute atomic E-state index is 0.727. The van der Waals surface area contributed by atoms with Crippen molar-refractivity contribution in [2.45, 2.75) is 30.6 Å². The van der Waals surface area contributed by atoms with Crippen molar-refractivity contribution in [3.05, 3.63) is 53.1 Å². The van der Waals surface area contributed by atoms with E-state index in [4.69, 9.17) is 0 Å². The van der Waals surface area contributed by atoms with Crippen LogP contribution in [0.5, 0.6) is 0 Å². The maximum absolute atomic E-state index is 3.48. The molecule has 1 aliphatic heterocycles. The van der Waals surface area contributed by atoms with E-state index in [9.17, 15) is 0 Å². The average Bonchev–Trinajstić information content (AvgIpc) is 2.36. The van der Waals surface area contributed by atoms with E-state index >= 15 is 0 Å². The molecule has 1 atom stereocenters. The van der Waals surface area contributed by atoms with E-state index in [-0.39, 0.29) is 0 Å². The Balaban J connectivity index is 2.24. The van der Waals surface area contributed by atoms with Crippen molar-refractivity contribution in [1.29, 1.82) is 0 Å². The van der Waals surface area contributed by atoms with Gasteiger partial charge in [-0.2, -0.15) is 0 Å². The normalized spacial score (nSPS) is 16.6. The number of hydrogen-bond donors (Lipinski definition) is 1. The van der Waals surface area contributed by atoms with Gasteiger partial charge < -0.3 is 5.32 Å². The van der Waals surface area contributed by atoms with Crippen LogP contribution in [0, 0.1) is 0 Å². The number of hydrogen-bond acceptors (Lipinski definition) is 1. The van der Waals surface area contributed by atoms with Crippen molar-refractivity contribution in [2.24, 2.45) is 0 Å². The van der Waals surface area contributed by atoms with E-state index in [1.165, 1.54) is 28.8 Å². The molecular formula is C16H20IN. The van der Waals surface area contributed by atoms with Gasteiger partial charge in [0.15, 0.2) is 0 Å². The van der Waals surface area contributed by atoms with Crippen molar-refractivity contribution >= 4 is 28.3 Å². The second kappa shape index (κ2) is 6.41. The molecule has 18 heavy (non-hydrogen) atoms. The summed E-state index contributed by atoms with van der Waals surface area (Å²) in [5, 5.41) is 3.48. The summed E-state index contributed by atoms with van der Waals surface area (Å²) in [6, 6.07) is 8.75. The summed E-state index contributed by atoms with van der Waals surface area (Å²) in [6.07, 6.45) is 6.86. The molecule has 0 unspecified atom stereocenters. The molecule has 1 nitrogen and oxygen atoms in total. The molecule has 0 fully saturated rings. The van der Waals surface area contributed by atoms with Crippen LogP contribution in [0.15, 0.2) is 42.0 Å². The number of dihydropyridines is 1. The third-order valence-electron chi connectivity index (χ3n) is 3.21. The number of benzene rings is 1. The van der Waals surface area contributed by atoms with Crippen molar-refractivity contribution in [1.82, 2.24) is 5.32 Å². The fourth-order valence-electron chi connectivity index (χ4n) is 2.19. The average molecular weight is 353 g/mol. The molecule has 0 radical (unpaired) electrons. The lowest BCUT2D eigenvalue weighted by molar-refractivity contribution is 0.829. The molecule has 0 saturated carbocycles. The minimum atomic E-state index is 0.727. The molecule has 1 aromatic carbocycles. The molecule has 2 rings (SSSR count). The fourth-order valence-corrected chi connectivity index (χ4v) is 2.50. The zero-order valence-electron chi connectivity index (χ0n) is 11.0. The summed E-state index contributed by atoms with van der Waals surface area (Å²) in [5.74, 6) is 0. The highest BCUT2D eigenvalue weighted by atomic mass is 127. The molecule has 2 heteroatoms. The first-order chi connectivity index (χ1) is 8.66. The SMILES string of the molecule is CC1=CCNC(c2ccccc2CC[C@H](C)I)=C1. The molecule has 96 valence electrons. The molecule has 1 aliphatic rings. The van der Waals surface area contributed by atoms with Gasteiger partial charge in [-0.25, -0.2) is 0 Å². The second-order valence-electron chi connectivity index (χ2n) is 4.86. The van der Waals surface area contributed by atoms with Crippen LogP contribution in [0.25, 0.3) is 5.70 Å². The van der Waals surface area contributed by atoms with Crippen LogP contribution in [0.2, 0.25) is 0 Å². The Bertz CT molecular complexity index is 472. The Labute approximate surface area is 124 Å². The fraction of sp³-hybridized carbons (Fsp3) is 0.375. The Morgan fingerprint density at radius 1 is 1.33 bits per heavy atom. The highest BCUT2D eigenvalue weighted by Crippen LogP contribution is 2.23. The van der Waals surface area contributed by atoms with E-state index < -0.39 is 0 Å². The van der Waals surface area contributed by atoms with Crippen molar-refractivity contribution in [3.63, 3.8) is 0 Å². The van der Waals surface area contributed by atoms with Crippen LogP contribution >= 0.6 is 22.6 Å². The van der Waals surface area contributed by atoms with E-state index in [1.54, 1.807) is 0 Å². The number of allylic oxidation sites excluding steroid dienone is 2. The van der Waals surface area contributed by atoms with Crippen LogP contribution in [0.4, 0.5) is 0 Å². The van der Waals surface area contributed by atoms with Gasteiger partial charge in [0.05, 0.1) is 0 Å². The van der Waals surface area contributed by atoms with Crippen LogP contribution < -0.4 is 5.32 Å². The van der Waals surface area contributed by atoms with Gasteiger partial charge in [-0.3, -0.25) is 0 Å². The van der Waals surface area contributed by atoms with Crippen molar-refractivity contribution in [2.75, 3.05) is 6.54 Å². The first-order valence-corrected chi connectivity index (χ1v) is 7.76. The largest absolute Gasteiger partial charge is 0.381 e. The molecule has 1 aromatic rings. The van der Waals surface area contributed by atoms with Gasteiger partial charge in [0.2, 0.25) is 0 Å². The van der Waals surface area contributed by atoms with Gasteiger partial charge in [0.1, 0.15) is 0 Å². The van der Waals surface area contributed by atoms with Crippen LogP contribution in [0.1, 0.15) is 31.4 Å². The number of rotatable bonds is 4. The smallest absolute Gasteiger partial charge is 0.0421 e. The van der Waals surface area contributed by atoms with Gasteiger partial charge in [-0.15, -0.1) is 0 Å². The molecule has 0 saturated heterocycles. The third-order valence-corrected chi connectivity index (χ3v) is 3.83. The van der Waals surface area contributed by atoms with Gasteiger partial charge in [-0.1, -0.05) is 65.4 Å². The van der Waals surface area contributed by atoms with Gasteiger partial charge in [-0.05, 0) is 31.4 Å². The van der Waals surface area contributed by atoms with Gasteiger partial charge in [0.25, 0.3) is 0 Å². The number of nitrogens with one attached hydrogen (secondary N) is 1. The Morgan fingerprint density at radius 2 is 2.11 bits per heavy atom. The quantitative estimate of drug-likeness (QED) is 0.628. The molecule has 1 heterocycles. The highest BCUT2D eigenvalue weighted by Gasteiger charge is 2.09. The first-order valence-electron chi connectivity index (χ1n) is 6.51. The van der Waals surface area contributed by atoms with Crippen LogP contribution in [0.3, 0.4) is 0 Å². The standard InChI is InChI=1S/C16H20IN/c1-12-9-10-18-16(11-12)15-6-4-3-5-14(15)8-7-13(2)17/h3-6,9,11,13,18H,7-8,10H2,1-2H3/t13-/m0/s1. The highest BCUT2D eigenvalue weighted by molar-refractivity contribution is 14.1. The van der Waals surface area contributed by atoms with E-state index in [0.717, 1.165) is 16.9 Å². The van der Waals surface area contributed by atoms with E-state index in [1.807, 2.05) is 0 Å². The summed E-state index contributed by atoms with van der Waals surface area (Å²) in [7, 11) is 0. The van der Waals surface area contributed by atoms with Gasteiger partial charge in [0, 0.05) is 21.7 Å². The lowest BCUT2D eigenvalue weighted by Gasteiger charge is -2.18. The molecule has 0 aromatic heterocycles. The number of aryl methyl sites for hydroxylation is 1. The Hall–Kier alpha value is -0.770. The van der Waals surface area contributed by atoms with Gasteiger partial charge >= 0.3 is 0 Å². The zero-order chi connectivity index (χ0) is 13.0. The molecule has 0 amide bonds. The molecule has 1 N–H and O–H groups in total. The lowest BCUT2D eigenvalue weighted by atomic mass is 9.97. The third kappa shape index (κ3) is 3.61. The zero-order valence-corrected chi connectivity index (χ0v) is 13.2. The Kier molecular flexibility index (Phi) is 4.87. The molecule has 0 bridgehead atoms. The first kappa shape index (κ1) is 13.7. The maximum atomic E-state index is 3.48. The summed E-state index contributed by atoms with van der Waals surface area (Å²) in [4.78, 5) is 0. The number of alkyl halides is 1. The number of halogens is 1. The van der Waals surface area contributed by atoms with Crippen LogP contribution in [-0.4, -0.2) is 10.5 Å². The summed E-state index contributed by atoms with van der Waals surface area (Å²) < 4.78 is 0.727. The summed E-state index contributed by atoms with van der Waals surface area (Å²) in [5.41, 5.74) is 5.43. The minimum Gasteiger partial charge on any atom is -0.381 e. The Morgan fingerprint density at radius 3 is 2.83 bits per heavy atom. The topological polar surface area (TPSA) is 12.0 Å². The lowest BCUT2D eigenvalue weighted by Crippen LogP contribution is -2.17. The molecule has 0 spiro atoms. The van der Waals surface area contributed by atoms with Crippen molar-refractivity contribution in [3.8, 4) is 0 Å². The predicted octanol–water partition coefficient (Wildman–Crippen LogP) is 4.33. The maximum Gasteiger partial charge on any atom is 0.0421 e. The molecule has 0 aliphatic carbocycles. The summed E-state index contributed by atoms with van der Waals surface area (Å²) >= 11 is 2.50. The second-order valence-corrected chi connectivity index (χ2v) is 6.99. The monoisotopic (exact) mass is 353 g/mol.